The summed E-state index contributed by atoms with van der Waals surface area (Å²) in [6, 6.07) is 0. The van der Waals surface area contributed by atoms with Gasteiger partial charge in [-0.2, -0.15) is 0 Å². The molecule has 1 N–H and O–H groups in total. The largest absolute Gasteiger partial charge is 0.494 e. The molecule has 8 heavy (non-hydrogen) atoms. The van der Waals surface area contributed by atoms with Crippen LogP contribution >= 0.6 is 24.8 Å². The molecule has 0 aromatic carbocycles. The molecule has 0 aromatic rings. The van der Waals surface area contributed by atoms with E-state index >= 15 is 0 Å². The summed E-state index contributed by atoms with van der Waals surface area (Å²) in [5.74, 6) is 0. The third kappa shape index (κ3) is 63.7. The van der Waals surface area contributed by atoms with E-state index in [0.717, 1.165) is 0 Å². The molecule has 0 atom stereocenters. The number of aliphatic hydroxyl groups is 1. The van der Waals surface area contributed by atoms with Crippen LogP contribution in [-0.4, -0.2) is 37.4 Å². The summed E-state index contributed by atoms with van der Waals surface area (Å²) in [6.07, 6.45) is 1.94. The van der Waals surface area contributed by atoms with Crippen LogP contribution in [-0.2, 0) is 0 Å². The van der Waals surface area contributed by atoms with Crippen LogP contribution in [0.2, 0.25) is 3.67 Å². The van der Waals surface area contributed by atoms with Crippen LogP contribution < -0.4 is 0 Å². The molecule has 0 amide bonds. The first-order chi connectivity index (χ1) is 3.65. The van der Waals surface area contributed by atoms with E-state index in [9.17, 15) is 0 Å². The topological polar surface area (TPSA) is 20.2 Å². The molecule has 0 fully saturated rings. The smallest absolute Gasteiger partial charge is 0.214 e. The molecule has 0 heterocycles. The van der Waals surface area contributed by atoms with Crippen molar-refractivity contribution < 1.29 is 5.11 Å². The standard InChI is InChI=1S/C3H5.CH2OS2.Na/c1-3-2;2-1(3)4;/h3H,1-2H2;(H2,2,3,4);. The van der Waals surface area contributed by atoms with Crippen LogP contribution in [0.1, 0.15) is 0 Å². The summed E-state index contributed by atoms with van der Waals surface area (Å²) in [5.41, 5.74) is 0. The molecule has 0 spiro atoms. The normalized spacial score (nSPS) is 6.38. The molecular weight excluding hydrogens is 151 g/mol. The van der Waals surface area contributed by atoms with Gasteiger partial charge < -0.3 is 5.11 Å². The van der Waals surface area contributed by atoms with Gasteiger partial charge in [0.25, 0.3) is 0 Å². The van der Waals surface area contributed by atoms with Gasteiger partial charge in [0.05, 0.1) is 0 Å². The summed E-state index contributed by atoms with van der Waals surface area (Å²) in [6.45, 7) is 3.51. The Kier molecular flexibility index (Phi) is 16.0. The summed E-state index contributed by atoms with van der Waals surface area (Å²) in [4.78, 5) is 0. The number of thiocarbonyl (C=S) groups is 1. The van der Waals surface area contributed by atoms with Crippen molar-refractivity contribution in [3.63, 3.8) is 0 Å². The van der Waals surface area contributed by atoms with Crippen molar-refractivity contribution in [2.24, 2.45) is 0 Å². The molecular formula is C4H7NaOS2. The van der Waals surface area contributed by atoms with Crippen molar-refractivity contribution in [1.29, 1.82) is 0 Å². The number of rotatable bonds is 1. The van der Waals surface area contributed by atoms with Crippen molar-refractivity contribution >= 4 is 57.2 Å². The second kappa shape index (κ2) is 10.9. The molecule has 1 nitrogen and oxygen atoms in total. The van der Waals surface area contributed by atoms with Crippen LogP contribution in [0.25, 0.3) is 0 Å². The predicted molar refractivity (Wildman–Crippen MR) is 45.0 cm³/mol. The van der Waals surface area contributed by atoms with Gasteiger partial charge in [0.2, 0.25) is 4.38 Å². The van der Waals surface area contributed by atoms with E-state index in [0.29, 0.717) is 0 Å². The van der Waals surface area contributed by atoms with Crippen molar-refractivity contribution in [1.82, 2.24) is 0 Å². The molecule has 0 aromatic heterocycles. The van der Waals surface area contributed by atoms with Gasteiger partial charge in [-0.3, -0.25) is 0 Å². The van der Waals surface area contributed by atoms with E-state index in [2.05, 4.69) is 31.4 Å². The van der Waals surface area contributed by atoms with Crippen molar-refractivity contribution in [3.8, 4) is 0 Å². The predicted octanol–water partition coefficient (Wildman–Crippen LogP) is 1.52. The third-order valence-corrected chi connectivity index (χ3v) is 0.866. The second-order valence-electron chi connectivity index (χ2n) is 0.979. The maximum atomic E-state index is 7.65. The van der Waals surface area contributed by atoms with Gasteiger partial charge >= 0.3 is 44.3 Å². The molecule has 4 heteroatoms. The molecule has 0 aliphatic rings. The Bertz CT molecular complexity index is 70.4. The van der Waals surface area contributed by atoms with Crippen LogP contribution in [0, 0.1) is 0 Å². The maximum Gasteiger partial charge on any atom is 0.214 e. The Balaban J connectivity index is 0. The molecule has 0 radical (unpaired) electrons. The monoisotopic (exact) mass is 158 g/mol. The van der Waals surface area contributed by atoms with Crippen LogP contribution in [0.3, 0.4) is 0 Å². The van der Waals surface area contributed by atoms with Crippen LogP contribution in [0.4, 0.5) is 0 Å². The Morgan fingerprint density at radius 1 is 2.00 bits per heavy atom. The van der Waals surface area contributed by atoms with E-state index in [4.69, 9.17) is 5.11 Å². The quantitative estimate of drug-likeness (QED) is 0.261. The molecule has 0 aliphatic heterocycles. The molecule has 0 aliphatic carbocycles. The van der Waals surface area contributed by atoms with Gasteiger partial charge in [-0.1, -0.05) is 12.6 Å². The van der Waals surface area contributed by atoms with Gasteiger partial charge in [-0.05, 0) is 12.2 Å². The van der Waals surface area contributed by atoms with Gasteiger partial charge in [0.1, 0.15) is 0 Å². The Labute approximate surface area is 78.0 Å². The molecule has 0 unspecified atom stereocenters. The number of hydrogen-bond donors (Lipinski definition) is 2. The second-order valence-corrected chi connectivity index (χ2v) is 2.91. The Hall–Kier alpha value is 0.980. The average Bonchev–Trinajstić information content (AvgIpc) is 1.65. The average molecular weight is 158 g/mol. The summed E-state index contributed by atoms with van der Waals surface area (Å²) in [5, 5.41) is 7.65. The molecule has 42 valence electrons. The zero-order valence-corrected chi connectivity index (χ0v) is 8.51. The number of allylic oxidation sites excluding steroid dienone is 1. The first-order valence-electron chi connectivity index (χ1n) is 2.17. The summed E-state index contributed by atoms with van der Waals surface area (Å²) in [7, 11) is 0. The van der Waals surface area contributed by atoms with Gasteiger partial charge in [0.15, 0.2) is 0 Å². The number of thiol groups is 1. The molecule has 0 saturated carbocycles. The summed E-state index contributed by atoms with van der Waals surface area (Å²) < 4.78 is 0.917. The number of hydrogen-bond acceptors (Lipinski definition) is 1. The van der Waals surface area contributed by atoms with Crippen LogP contribution in [0.5, 0.6) is 0 Å². The van der Waals surface area contributed by atoms with Crippen LogP contribution in [0.15, 0.2) is 12.7 Å². The minimum absolute atomic E-state index is 0.306. The molecule has 0 saturated heterocycles. The van der Waals surface area contributed by atoms with E-state index < -0.39 is 0 Å². The molecule has 0 rings (SSSR count). The molecule has 0 bridgehead atoms. The number of aliphatic hydroxyl groups excluding tert-OH is 1. The van der Waals surface area contributed by atoms with Gasteiger partial charge in [0, 0.05) is 0 Å². The zero-order valence-electron chi connectivity index (χ0n) is 4.79. The Morgan fingerprint density at radius 3 is 2.12 bits per heavy atom. The fourth-order valence-electron chi connectivity index (χ4n) is 0. The summed E-state index contributed by atoms with van der Waals surface area (Å²) >= 11 is 8.48. The third-order valence-electron chi connectivity index (χ3n) is 0.289. The van der Waals surface area contributed by atoms with E-state index in [1.807, 2.05) is 6.08 Å². The first kappa shape index (κ1) is 11.7. The Morgan fingerprint density at radius 2 is 2.12 bits per heavy atom. The van der Waals surface area contributed by atoms with Crippen molar-refractivity contribution in [3.05, 3.63) is 12.7 Å². The fourth-order valence-corrected chi connectivity index (χ4v) is 0. The zero-order chi connectivity index (χ0) is 6.99. The van der Waals surface area contributed by atoms with E-state index in [1.165, 1.54) is 31.6 Å². The van der Waals surface area contributed by atoms with E-state index in [-0.39, 0.29) is 4.38 Å². The SMILES string of the molecule is C=C[CH2][Na].OC(=S)S. The van der Waals surface area contributed by atoms with E-state index in [1.54, 1.807) is 0 Å². The van der Waals surface area contributed by atoms with Crippen molar-refractivity contribution in [2.45, 2.75) is 3.67 Å². The minimum atomic E-state index is -0.306. The first-order valence-corrected chi connectivity index (χ1v) is 4.44. The maximum absolute atomic E-state index is 7.65. The van der Waals surface area contributed by atoms with Gasteiger partial charge in [-0.25, -0.2) is 0 Å². The fraction of sp³-hybridized carbons (Fsp3) is 0.250. The van der Waals surface area contributed by atoms with Gasteiger partial charge in [-0.15, -0.1) is 0 Å². The van der Waals surface area contributed by atoms with Crippen molar-refractivity contribution in [2.75, 3.05) is 0 Å². The minimum Gasteiger partial charge on any atom is -0.494 e.